The average molecular weight is 601 g/mol. The van der Waals surface area contributed by atoms with Gasteiger partial charge < -0.3 is 9.47 Å². The van der Waals surface area contributed by atoms with Crippen molar-refractivity contribution in [1.82, 2.24) is 0 Å². The van der Waals surface area contributed by atoms with Gasteiger partial charge in [-0.1, -0.05) is 24.3 Å². The van der Waals surface area contributed by atoms with Crippen molar-refractivity contribution in [1.29, 1.82) is 0 Å². The highest BCUT2D eigenvalue weighted by molar-refractivity contribution is 7.32. The number of halogens is 6. The van der Waals surface area contributed by atoms with E-state index in [1.54, 1.807) is 17.4 Å². The van der Waals surface area contributed by atoms with E-state index in [1.807, 2.05) is 24.3 Å². The van der Waals surface area contributed by atoms with Gasteiger partial charge in [-0.15, -0.1) is 22.7 Å². The Hall–Kier alpha value is -2.86. The van der Waals surface area contributed by atoms with Crippen molar-refractivity contribution >= 4 is 72.3 Å². The van der Waals surface area contributed by atoms with E-state index in [4.69, 9.17) is 9.47 Å². The van der Waals surface area contributed by atoms with E-state index < -0.39 is 49.3 Å². The predicted molar refractivity (Wildman–Crippen MR) is 140 cm³/mol. The molecule has 2 heterocycles. The molecule has 212 valence electrons. The molecule has 3 aliphatic rings. The molecular weight excluding hydrogens is 578 g/mol. The van der Waals surface area contributed by atoms with Crippen molar-refractivity contribution in [2.45, 2.75) is 63.1 Å². The highest BCUT2D eigenvalue weighted by atomic mass is 32.1. The normalized spacial score (nSPS) is 24.1. The van der Waals surface area contributed by atoms with Gasteiger partial charge in [0.05, 0.1) is 9.40 Å². The average Bonchev–Trinajstić information content (AvgIpc) is 3.35. The molecule has 0 N–H and O–H groups in total. The predicted octanol–water partition coefficient (Wildman–Crippen LogP) is 6.92. The van der Waals surface area contributed by atoms with Crippen LogP contribution in [0.2, 0.25) is 0 Å². The molecule has 0 bridgehead atoms. The largest absolute Gasteiger partial charge is 0.461 e. The summed E-state index contributed by atoms with van der Waals surface area (Å²) >= 11 is 3.12. The van der Waals surface area contributed by atoms with E-state index in [9.17, 15) is 35.9 Å². The minimum absolute atomic E-state index is 0.0618. The third kappa shape index (κ3) is 5.39. The molecule has 1 saturated carbocycles. The van der Waals surface area contributed by atoms with Gasteiger partial charge in [0.25, 0.3) is 0 Å². The second kappa shape index (κ2) is 9.90. The van der Waals surface area contributed by atoms with E-state index in [1.165, 1.54) is 11.3 Å². The zero-order valence-corrected chi connectivity index (χ0v) is 22.4. The first-order valence-corrected chi connectivity index (χ1v) is 14.4. The van der Waals surface area contributed by atoms with Crippen LogP contribution in [0, 0.1) is 11.8 Å². The summed E-state index contributed by atoms with van der Waals surface area (Å²) in [6, 6.07) is 3.82. The Morgan fingerprint density at radius 1 is 0.900 bits per heavy atom. The van der Waals surface area contributed by atoms with Crippen LogP contribution in [-0.4, -0.2) is 30.4 Å². The third-order valence-corrected chi connectivity index (χ3v) is 10.0. The molecule has 0 spiro atoms. The third-order valence-electron chi connectivity index (χ3n) is 7.49. The van der Waals surface area contributed by atoms with Gasteiger partial charge in [-0.2, -0.15) is 26.3 Å². The number of carbonyl (C=O) groups excluding carboxylic acids is 2. The maximum absolute atomic E-state index is 12.7. The van der Waals surface area contributed by atoms with E-state index in [0.717, 1.165) is 47.6 Å². The molecule has 0 saturated heterocycles. The number of hydrogen-bond donors (Lipinski definition) is 0. The Morgan fingerprint density at radius 2 is 1.62 bits per heavy atom. The second-order valence-corrected chi connectivity index (χ2v) is 12.5. The zero-order valence-electron chi connectivity index (χ0n) is 20.7. The summed E-state index contributed by atoms with van der Waals surface area (Å²) < 4.78 is 90.6. The Balaban J connectivity index is 1.35. The molecule has 0 amide bonds. The summed E-state index contributed by atoms with van der Waals surface area (Å²) in [6.07, 6.45) is -3.79. The summed E-state index contributed by atoms with van der Waals surface area (Å²) in [5.41, 5.74) is 1.42. The first-order valence-electron chi connectivity index (χ1n) is 12.8. The molecule has 4 unspecified atom stereocenters. The molecule has 40 heavy (non-hydrogen) atoms. The molecule has 0 radical (unpaired) electrons. The number of alkyl halides is 6. The van der Waals surface area contributed by atoms with Crippen LogP contribution in [0.15, 0.2) is 18.2 Å². The van der Waals surface area contributed by atoms with Crippen LogP contribution < -0.4 is 9.75 Å². The highest BCUT2D eigenvalue weighted by Gasteiger charge is 2.38. The molecule has 2 aromatic heterocycles. The van der Waals surface area contributed by atoms with Crippen LogP contribution in [0.25, 0.3) is 37.7 Å². The van der Waals surface area contributed by atoms with Crippen molar-refractivity contribution in [2.75, 3.05) is 0 Å². The molecule has 1 aromatic carbocycles. The number of thiophene rings is 2. The van der Waals surface area contributed by atoms with Gasteiger partial charge in [0, 0.05) is 37.7 Å². The van der Waals surface area contributed by atoms with E-state index in [2.05, 4.69) is 6.08 Å². The van der Waals surface area contributed by atoms with Crippen molar-refractivity contribution in [3.05, 3.63) is 39.1 Å². The maximum Gasteiger partial charge on any atom is 0.399 e. The fraction of sp³-hybridized carbons (Fsp3) is 0.429. The van der Waals surface area contributed by atoms with Crippen LogP contribution in [0.1, 0.15) is 55.8 Å². The van der Waals surface area contributed by atoms with Gasteiger partial charge in [0.15, 0.2) is 0 Å². The molecule has 4 nitrogen and oxygen atoms in total. The number of benzene rings is 1. The number of hydrogen-bond acceptors (Lipinski definition) is 6. The lowest BCUT2D eigenvalue weighted by molar-refractivity contribution is -0.179. The smallest absolute Gasteiger partial charge is 0.399 e. The number of fused-ring (bicyclic) bond motifs is 7. The number of carbonyl (C=O) groups is 2. The Labute approximate surface area is 231 Å². The van der Waals surface area contributed by atoms with Crippen molar-refractivity contribution in [2.24, 2.45) is 11.8 Å². The lowest BCUT2D eigenvalue weighted by Gasteiger charge is -2.35. The van der Waals surface area contributed by atoms with Gasteiger partial charge in [-0.05, 0) is 42.9 Å². The summed E-state index contributed by atoms with van der Waals surface area (Å²) in [6.45, 7) is 0. The SMILES string of the molecule is O=C(CC(F)(F)F)OC1CC=Cc2cc3c(cc21)sc1c2c(sc13)=CC1CCCC(OC(=O)CC(F)(F)F)C1C=2. The minimum Gasteiger partial charge on any atom is -0.461 e. The molecule has 12 heteroatoms. The minimum atomic E-state index is -4.65. The molecule has 3 aromatic rings. The number of ether oxygens (including phenoxy) is 2. The van der Waals surface area contributed by atoms with Crippen LogP contribution in [0.3, 0.4) is 0 Å². The van der Waals surface area contributed by atoms with Crippen molar-refractivity contribution in [3.63, 3.8) is 0 Å². The summed E-state index contributed by atoms with van der Waals surface area (Å²) in [7, 11) is 0. The number of rotatable bonds is 4. The monoisotopic (exact) mass is 600 g/mol. The van der Waals surface area contributed by atoms with Crippen LogP contribution in [0.4, 0.5) is 26.3 Å². The first-order chi connectivity index (χ1) is 18.8. The summed E-state index contributed by atoms with van der Waals surface area (Å²) in [5.74, 6) is -2.75. The van der Waals surface area contributed by atoms with Crippen LogP contribution >= 0.6 is 22.7 Å². The topological polar surface area (TPSA) is 52.6 Å². The summed E-state index contributed by atoms with van der Waals surface area (Å²) in [4.78, 5) is 23.8. The Bertz CT molecular complexity index is 1660. The Kier molecular flexibility index (Phi) is 6.76. The summed E-state index contributed by atoms with van der Waals surface area (Å²) in [5, 5.41) is 1.94. The second-order valence-electron chi connectivity index (χ2n) is 10.4. The van der Waals surface area contributed by atoms with E-state index in [0.29, 0.717) is 12.0 Å². The molecule has 6 rings (SSSR count). The van der Waals surface area contributed by atoms with Gasteiger partial charge in [0.1, 0.15) is 25.0 Å². The van der Waals surface area contributed by atoms with E-state index in [-0.39, 0.29) is 18.3 Å². The highest BCUT2D eigenvalue weighted by Crippen LogP contribution is 2.42. The van der Waals surface area contributed by atoms with Crippen molar-refractivity contribution in [3.8, 4) is 0 Å². The molecule has 1 fully saturated rings. The standard InChI is InChI=1S/C28H22F6O4S2/c29-27(30,31)11-23(35)37-19-5-2-4-14-8-21-18(9-15(14)19)26-25(39-21)17-7-13-3-1-6-20(16(13)10-22(17)40-26)38-24(36)12-28(32,33)34/h1,3,7-10,14-15,19-20H,2,4-6,11-12H2. The lowest BCUT2D eigenvalue weighted by atomic mass is 9.75. The first kappa shape index (κ1) is 27.3. The van der Waals surface area contributed by atoms with Gasteiger partial charge >= 0.3 is 24.3 Å². The maximum atomic E-state index is 12.7. The van der Waals surface area contributed by atoms with Gasteiger partial charge in [-0.3, -0.25) is 9.59 Å². The lowest BCUT2D eigenvalue weighted by Crippen LogP contribution is -2.40. The van der Waals surface area contributed by atoms with Gasteiger partial charge in [-0.25, -0.2) is 0 Å². The number of esters is 2. The fourth-order valence-electron chi connectivity index (χ4n) is 5.87. The van der Waals surface area contributed by atoms with E-state index >= 15 is 0 Å². The molecule has 3 aliphatic carbocycles. The van der Waals surface area contributed by atoms with Crippen LogP contribution in [0.5, 0.6) is 0 Å². The molecular formula is C28H22F6O4S2. The Morgan fingerprint density at radius 3 is 2.35 bits per heavy atom. The van der Waals surface area contributed by atoms with Gasteiger partial charge in [0.2, 0.25) is 0 Å². The molecule has 0 aliphatic heterocycles. The fourth-order valence-corrected chi connectivity index (χ4v) is 8.64. The molecule has 4 atom stereocenters. The van der Waals surface area contributed by atoms with Crippen LogP contribution in [-0.2, 0) is 19.1 Å². The zero-order chi connectivity index (χ0) is 28.4. The quantitative estimate of drug-likeness (QED) is 0.241. The van der Waals surface area contributed by atoms with Crippen molar-refractivity contribution < 1.29 is 45.4 Å².